The van der Waals surface area contributed by atoms with Crippen molar-refractivity contribution in [3.63, 3.8) is 0 Å². The molecule has 1 fully saturated rings. The lowest BCUT2D eigenvalue weighted by Crippen LogP contribution is -2.45. The zero-order chi connectivity index (χ0) is 11.4. The molecule has 0 amide bonds. The molecule has 1 heterocycles. The van der Waals surface area contributed by atoms with Gasteiger partial charge in [-0.15, -0.1) is 0 Å². The summed E-state index contributed by atoms with van der Waals surface area (Å²) < 4.78 is 5.28. The minimum Gasteiger partial charge on any atom is -0.379 e. The summed E-state index contributed by atoms with van der Waals surface area (Å²) in [4.78, 5) is 14.3. The summed E-state index contributed by atoms with van der Waals surface area (Å²) >= 11 is 0. The zero-order valence-corrected chi connectivity index (χ0v) is 9.56. The minimum absolute atomic E-state index is 0.0497. The van der Waals surface area contributed by atoms with Gasteiger partial charge in [-0.25, -0.2) is 0 Å². The third kappa shape index (κ3) is 2.49. The summed E-state index contributed by atoms with van der Waals surface area (Å²) in [6, 6.07) is 9.43. The lowest BCUT2D eigenvalue weighted by Gasteiger charge is -2.31. The third-order valence-electron chi connectivity index (χ3n) is 3.03. The van der Waals surface area contributed by atoms with E-state index in [1.165, 1.54) is 0 Å². The SMILES string of the molecule is C[C@H](C(=O)c1ccccc1)N1CCOCC1. The molecule has 1 aromatic carbocycles. The number of benzene rings is 1. The fourth-order valence-electron chi connectivity index (χ4n) is 1.97. The second-order valence-corrected chi connectivity index (χ2v) is 4.05. The van der Waals surface area contributed by atoms with Gasteiger partial charge in [0.25, 0.3) is 0 Å². The fraction of sp³-hybridized carbons (Fsp3) is 0.462. The average molecular weight is 219 g/mol. The Balaban J connectivity index is 2.04. The number of nitrogens with zero attached hydrogens (tertiary/aromatic N) is 1. The number of morpholine rings is 1. The van der Waals surface area contributed by atoms with E-state index >= 15 is 0 Å². The van der Waals surface area contributed by atoms with Crippen molar-refractivity contribution in [1.82, 2.24) is 4.90 Å². The van der Waals surface area contributed by atoms with Crippen LogP contribution in [0.4, 0.5) is 0 Å². The number of rotatable bonds is 3. The number of carbonyl (C=O) groups is 1. The number of Topliss-reactive ketones (excluding diaryl/α,β-unsaturated/α-hetero) is 1. The van der Waals surface area contributed by atoms with Crippen LogP contribution in [-0.4, -0.2) is 43.0 Å². The average Bonchev–Trinajstić information content (AvgIpc) is 2.39. The Hall–Kier alpha value is -1.19. The maximum Gasteiger partial charge on any atom is 0.179 e. The van der Waals surface area contributed by atoms with E-state index in [1.807, 2.05) is 37.3 Å². The van der Waals surface area contributed by atoms with Crippen LogP contribution in [0.2, 0.25) is 0 Å². The van der Waals surface area contributed by atoms with Gasteiger partial charge in [0.15, 0.2) is 5.78 Å². The van der Waals surface area contributed by atoms with Crippen LogP contribution in [0.3, 0.4) is 0 Å². The zero-order valence-electron chi connectivity index (χ0n) is 9.56. The molecule has 1 saturated heterocycles. The van der Waals surface area contributed by atoms with E-state index in [9.17, 15) is 4.79 Å². The van der Waals surface area contributed by atoms with Gasteiger partial charge < -0.3 is 4.74 Å². The van der Waals surface area contributed by atoms with Crippen molar-refractivity contribution in [2.45, 2.75) is 13.0 Å². The Morgan fingerprint density at radius 3 is 2.50 bits per heavy atom. The topological polar surface area (TPSA) is 29.5 Å². The molecule has 0 spiro atoms. The van der Waals surface area contributed by atoms with E-state index in [2.05, 4.69) is 4.90 Å². The Morgan fingerprint density at radius 1 is 1.25 bits per heavy atom. The molecule has 0 bridgehead atoms. The number of carbonyl (C=O) groups excluding carboxylic acids is 1. The third-order valence-corrected chi connectivity index (χ3v) is 3.03. The van der Waals surface area contributed by atoms with Gasteiger partial charge in [-0.3, -0.25) is 9.69 Å². The molecule has 0 aromatic heterocycles. The first-order chi connectivity index (χ1) is 7.79. The number of hydrogen-bond acceptors (Lipinski definition) is 3. The lowest BCUT2D eigenvalue weighted by atomic mass is 10.0. The monoisotopic (exact) mass is 219 g/mol. The van der Waals surface area contributed by atoms with E-state index in [0.29, 0.717) is 0 Å². The molecule has 1 aliphatic heterocycles. The molecule has 86 valence electrons. The smallest absolute Gasteiger partial charge is 0.179 e. The Morgan fingerprint density at radius 2 is 1.88 bits per heavy atom. The van der Waals surface area contributed by atoms with Crippen LogP contribution in [0.25, 0.3) is 0 Å². The summed E-state index contributed by atoms with van der Waals surface area (Å²) in [5.74, 6) is 0.197. The highest BCUT2D eigenvalue weighted by Gasteiger charge is 2.23. The second-order valence-electron chi connectivity index (χ2n) is 4.05. The molecular weight excluding hydrogens is 202 g/mol. The van der Waals surface area contributed by atoms with Crippen LogP contribution in [0.15, 0.2) is 30.3 Å². The Kier molecular flexibility index (Phi) is 3.70. The van der Waals surface area contributed by atoms with Crippen molar-refractivity contribution in [1.29, 1.82) is 0 Å². The van der Waals surface area contributed by atoms with Crippen molar-refractivity contribution >= 4 is 5.78 Å². The van der Waals surface area contributed by atoms with Crippen LogP contribution < -0.4 is 0 Å². The highest BCUT2D eigenvalue weighted by Crippen LogP contribution is 2.10. The van der Waals surface area contributed by atoms with Gasteiger partial charge in [0.05, 0.1) is 19.3 Å². The van der Waals surface area contributed by atoms with Gasteiger partial charge in [0.1, 0.15) is 0 Å². The highest BCUT2D eigenvalue weighted by atomic mass is 16.5. The molecule has 0 unspecified atom stereocenters. The first-order valence-electron chi connectivity index (χ1n) is 5.70. The van der Waals surface area contributed by atoms with Crippen molar-refractivity contribution in [2.75, 3.05) is 26.3 Å². The van der Waals surface area contributed by atoms with Crippen LogP contribution in [-0.2, 0) is 4.74 Å². The van der Waals surface area contributed by atoms with Gasteiger partial charge in [0, 0.05) is 18.7 Å². The maximum absolute atomic E-state index is 12.2. The molecular formula is C13H17NO2. The summed E-state index contributed by atoms with van der Waals surface area (Å²) in [5, 5.41) is 0. The maximum atomic E-state index is 12.2. The van der Waals surface area contributed by atoms with Crippen LogP contribution in [0, 0.1) is 0 Å². The first-order valence-corrected chi connectivity index (χ1v) is 5.70. The largest absolute Gasteiger partial charge is 0.379 e. The molecule has 1 aromatic rings. The molecule has 1 aliphatic rings. The predicted octanol–water partition coefficient (Wildman–Crippen LogP) is 1.59. The van der Waals surface area contributed by atoms with E-state index in [1.54, 1.807) is 0 Å². The number of ether oxygens (including phenoxy) is 1. The van der Waals surface area contributed by atoms with Gasteiger partial charge in [-0.1, -0.05) is 30.3 Å². The standard InChI is InChI=1S/C13H17NO2/c1-11(14-7-9-16-10-8-14)13(15)12-5-3-2-4-6-12/h2-6,11H,7-10H2,1H3/t11-/m1/s1. The second kappa shape index (κ2) is 5.23. The van der Waals surface area contributed by atoms with E-state index in [0.717, 1.165) is 31.9 Å². The number of ketones is 1. The summed E-state index contributed by atoms with van der Waals surface area (Å²) in [6.45, 7) is 5.12. The molecule has 0 radical (unpaired) electrons. The Bertz CT molecular complexity index is 344. The number of hydrogen-bond donors (Lipinski definition) is 0. The van der Waals surface area contributed by atoms with Gasteiger partial charge in [-0.05, 0) is 6.92 Å². The quantitative estimate of drug-likeness (QED) is 0.723. The molecule has 0 aliphatic carbocycles. The highest BCUT2D eigenvalue weighted by molar-refractivity contribution is 5.99. The summed E-state index contributed by atoms with van der Waals surface area (Å²) in [5.41, 5.74) is 0.793. The van der Waals surface area contributed by atoms with Crippen molar-refractivity contribution < 1.29 is 9.53 Å². The molecule has 0 N–H and O–H groups in total. The minimum atomic E-state index is -0.0497. The van der Waals surface area contributed by atoms with E-state index in [4.69, 9.17) is 4.74 Å². The van der Waals surface area contributed by atoms with Crippen LogP contribution in [0.1, 0.15) is 17.3 Å². The lowest BCUT2D eigenvalue weighted by molar-refractivity contribution is 0.0208. The van der Waals surface area contributed by atoms with Crippen LogP contribution >= 0.6 is 0 Å². The molecule has 0 saturated carbocycles. The van der Waals surface area contributed by atoms with Crippen molar-refractivity contribution in [3.05, 3.63) is 35.9 Å². The van der Waals surface area contributed by atoms with Crippen molar-refractivity contribution in [2.24, 2.45) is 0 Å². The fourth-order valence-corrected chi connectivity index (χ4v) is 1.97. The van der Waals surface area contributed by atoms with Crippen LogP contribution in [0.5, 0.6) is 0 Å². The molecule has 2 rings (SSSR count). The Labute approximate surface area is 96.0 Å². The summed E-state index contributed by atoms with van der Waals surface area (Å²) in [7, 11) is 0. The molecule has 16 heavy (non-hydrogen) atoms. The molecule has 3 nitrogen and oxygen atoms in total. The van der Waals surface area contributed by atoms with Gasteiger partial charge in [-0.2, -0.15) is 0 Å². The summed E-state index contributed by atoms with van der Waals surface area (Å²) in [6.07, 6.45) is 0. The van der Waals surface area contributed by atoms with Gasteiger partial charge in [0.2, 0.25) is 0 Å². The predicted molar refractivity (Wildman–Crippen MR) is 62.6 cm³/mol. The van der Waals surface area contributed by atoms with E-state index in [-0.39, 0.29) is 11.8 Å². The van der Waals surface area contributed by atoms with Gasteiger partial charge >= 0.3 is 0 Å². The first kappa shape index (κ1) is 11.3. The molecule has 3 heteroatoms. The van der Waals surface area contributed by atoms with E-state index < -0.39 is 0 Å². The molecule has 1 atom stereocenters. The normalized spacial score (nSPS) is 19.3. The van der Waals surface area contributed by atoms with Crippen molar-refractivity contribution in [3.8, 4) is 0 Å².